The Labute approximate surface area is 172 Å². The van der Waals surface area contributed by atoms with Crippen molar-refractivity contribution in [2.45, 2.75) is 18.9 Å². The number of fused-ring (bicyclic) bond motifs is 1. The molecule has 0 spiro atoms. The van der Waals surface area contributed by atoms with Crippen LogP contribution in [0, 0.1) is 5.82 Å². The minimum absolute atomic E-state index is 0.00212. The lowest BCUT2D eigenvalue weighted by Crippen LogP contribution is -2.21. The summed E-state index contributed by atoms with van der Waals surface area (Å²) in [5, 5.41) is 21.4. The van der Waals surface area contributed by atoms with Gasteiger partial charge in [-0.2, -0.15) is 5.10 Å². The highest BCUT2D eigenvalue weighted by Crippen LogP contribution is 2.19. The molecule has 30 heavy (non-hydrogen) atoms. The summed E-state index contributed by atoms with van der Waals surface area (Å²) < 4.78 is 19.0. The Morgan fingerprint density at radius 2 is 1.93 bits per heavy atom. The molecule has 0 saturated carbocycles. The van der Waals surface area contributed by atoms with Crippen molar-refractivity contribution in [3.63, 3.8) is 0 Å². The van der Waals surface area contributed by atoms with Gasteiger partial charge in [0.2, 0.25) is 0 Å². The number of aliphatic hydroxyl groups excluding tert-OH is 2. The van der Waals surface area contributed by atoms with E-state index in [1.165, 1.54) is 43.3 Å². The molecular formula is C20H24FN5O4. The normalized spacial score (nSPS) is 14.3. The van der Waals surface area contributed by atoms with Crippen molar-refractivity contribution < 1.29 is 24.1 Å². The third-order valence-corrected chi connectivity index (χ3v) is 4.52. The summed E-state index contributed by atoms with van der Waals surface area (Å²) in [5.41, 5.74) is 6.18. The number of nitrogens with zero attached hydrogens (tertiary/aromatic N) is 4. The number of primary amides is 1. The summed E-state index contributed by atoms with van der Waals surface area (Å²) >= 11 is 0. The zero-order valence-electron chi connectivity index (χ0n) is 16.3. The predicted octanol–water partition coefficient (Wildman–Crippen LogP) is 0.986. The monoisotopic (exact) mass is 417 g/mol. The number of hydrogen-bond acceptors (Lipinski definition) is 7. The summed E-state index contributed by atoms with van der Waals surface area (Å²) in [5.74, 6) is 0.521. The maximum Gasteiger partial charge on any atom is 0.254 e. The molecule has 4 rings (SSSR count). The molecule has 1 aliphatic rings. The van der Waals surface area contributed by atoms with Crippen molar-refractivity contribution in [3.05, 3.63) is 54.1 Å². The molecule has 4 N–H and O–H groups in total. The number of rotatable bonds is 6. The van der Waals surface area contributed by atoms with E-state index < -0.39 is 12.0 Å². The highest BCUT2D eigenvalue weighted by molar-refractivity contribution is 5.98. The standard InChI is InChI=1S/C11H13N5O.C9H11FO3/c12-10(17)8-7-13-16-6-3-9(14-11(8)16)15-4-1-2-5-15;10-7-1-3-9(4-2-7)13-6-8(12)5-11/h3,6-7H,1-2,4-5H2,(H2,12,17);1-4,8,11-12H,5-6H2. The molecule has 0 radical (unpaired) electrons. The van der Waals surface area contributed by atoms with Crippen molar-refractivity contribution >= 4 is 17.4 Å². The van der Waals surface area contributed by atoms with Gasteiger partial charge in [-0.3, -0.25) is 4.79 Å². The first kappa shape index (κ1) is 21.5. The summed E-state index contributed by atoms with van der Waals surface area (Å²) in [6.07, 6.45) is 4.75. The van der Waals surface area contributed by atoms with E-state index in [0.29, 0.717) is 17.0 Å². The molecule has 1 unspecified atom stereocenters. The first-order chi connectivity index (χ1) is 14.5. The fourth-order valence-electron chi connectivity index (χ4n) is 2.93. The van der Waals surface area contributed by atoms with Crippen LogP contribution in [0.15, 0.2) is 42.7 Å². The van der Waals surface area contributed by atoms with E-state index in [-0.39, 0.29) is 19.0 Å². The van der Waals surface area contributed by atoms with Crippen LogP contribution in [0.1, 0.15) is 23.2 Å². The number of hydrogen-bond donors (Lipinski definition) is 3. The number of carbonyl (C=O) groups excluding carboxylic acids is 1. The molecule has 10 heteroatoms. The lowest BCUT2D eigenvalue weighted by Gasteiger charge is -2.15. The van der Waals surface area contributed by atoms with Gasteiger partial charge in [-0.25, -0.2) is 13.9 Å². The Hall–Kier alpha value is -3.24. The molecule has 1 amide bonds. The second-order valence-corrected chi connectivity index (χ2v) is 6.77. The third-order valence-electron chi connectivity index (χ3n) is 4.52. The van der Waals surface area contributed by atoms with Crippen molar-refractivity contribution in [1.82, 2.24) is 14.6 Å². The van der Waals surface area contributed by atoms with Gasteiger partial charge >= 0.3 is 0 Å². The van der Waals surface area contributed by atoms with Crippen LogP contribution in [0.2, 0.25) is 0 Å². The van der Waals surface area contributed by atoms with Gasteiger partial charge in [-0.05, 0) is 43.2 Å². The van der Waals surface area contributed by atoms with Gasteiger partial charge in [0.25, 0.3) is 5.91 Å². The number of nitrogens with two attached hydrogens (primary N) is 1. The van der Waals surface area contributed by atoms with Gasteiger partial charge in [0.1, 0.15) is 35.7 Å². The Balaban J connectivity index is 0.000000178. The van der Waals surface area contributed by atoms with Crippen LogP contribution in [0.5, 0.6) is 5.75 Å². The second kappa shape index (κ2) is 9.99. The van der Waals surface area contributed by atoms with E-state index in [0.717, 1.165) is 18.9 Å². The van der Waals surface area contributed by atoms with Gasteiger partial charge in [0.05, 0.1) is 12.8 Å². The molecule has 2 aromatic heterocycles. The van der Waals surface area contributed by atoms with Gasteiger partial charge in [-0.15, -0.1) is 0 Å². The lowest BCUT2D eigenvalue weighted by molar-refractivity contribution is 0.0536. The molecule has 3 aromatic rings. The molecule has 9 nitrogen and oxygen atoms in total. The molecule has 1 fully saturated rings. The first-order valence-corrected chi connectivity index (χ1v) is 9.54. The number of halogens is 1. The van der Waals surface area contributed by atoms with Crippen LogP contribution in [0.4, 0.5) is 10.2 Å². The molecule has 1 aliphatic heterocycles. The number of anilines is 1. The van der Waals surface area contributed by atoms with Crippen LogP contribution in [0.3, 0.4) is 0 Å². The van der Waals surface area contributed by atoms with Crippen LogP contribution < -0.4 is 15.4 Å². The van der Waals surface area contributed by atoms with Crippen LogP contribution in [0.25, 0.3) is 5.65 Å². The average Bonchev–Trinajstić information content (AvgIpc) is 3.43. The predicted molar refractivity (Wildman–Crippen MR) is 108 cm³/mol. The van der Waals surface area contributed by atoms with E-state index in [2.05, 4.69) is 15.0 Å². The fraction of sp³-hybridized carbons (Fsp3) is 0.350. The van der Waals surface area contributed by atoms with E-state index in [4.69, 9.17) is 20.7 Å². The number of aromatic nitrogens is 3. The summed E-state index contributed by atoms with van der Waals surface area (Å²) in [6.45, 7) is 1.69. The molecule has 0 bridgehead atoms. The maximum atomic E-state index is 12.4. The van der Waals surface area contributed by atoms with Crippen LogP contribution in [-0.2, 0) is 0 Å². The average molecular weight is 417 g/mol. The number of carbonyl (C=O) groups is 1. The Morgan fingerprint density at radius 3 is 2.57 bits per heavy atom. The fourth-order valence-corrected chi connectivity index (χ4v) is 2.93. The molecule has 160 valence electrons. The number of ether oxygens (including phenoxy) is 1. The Morgan fingerprint density at radius 1 is 1.23 bits per heavy atom. The minimum Gasteiger partial charge on any atom is -0.491 e. The van der Waals surface area contributed by atoms with Crippen molar-refractivity contribution in [1.29, 1.82) is 0 Å². The topological polar surface area (TPSA) is 126 Å². The smallest absolute Gasteiger partial charge is 0.254 e. The molecule has 3 heterocycles. The highest BCUT2D eigenvalue weighted by Gasteiger charge is 2.16. The molecule has 1 aromatic carbocycles. The number of benzene rings is 1. The molecule has 0 aliphatic carbocycles. The molecule has 1 saturated heterocycles. The third kappa shape index (κ3) is 5.43. The first-order valence-electron chi connectivity index (χ1n) is 9.54. The van der Waals surface area contributed by atoms with Crippen molar-refractivity contribution in [3.8, 4) is 5.75 Å². The van der Waals surface area contributed by atoms with E-state index >= 15 is 0 Å². The van der Waals surface area contributed by atoms with Crippen LogP contribution >= 0.6 is 0 Å². The summed E-state index contributed by atoms with van der Waals surface area (Å²) in [7, 11) is 0. The SMILES string of the molecule is NC(=O)c1cnn2ccc(N3CCCC3)nc12.OCC(O)COc1ccc(F)cc1. The zero-order valence-corrected chi connectivity index (χ0v) is 16.3. The molecular weight excluding hydrogens is 393 g/mol. The van der Waals surface area contributed by atoms with Gasteiger partial charge in [-0.1, -0.05) is 0 Å². The lowest BCUT2D eigenvalue weighted by atomic mass is 10.3. The van der Waals surface area contributed by atoms with Gasteiger partial charge in [0, 0.05) is 19.3 Å². The minimum atomic E-state index is -0.898. The Bertz CT molecular complexity index is 973. The quantitative estimate of drug-likeness (QED) is 0.546. The van der Waals surface area contributed by atoms with Gasteiger partial charge in [0.15, 0.2) is 5.65 Å². The maximum absolute atomic E-state index is 12.4. The number of aliphatic hydroxyl groups is 2. The van der Waals surface area contributed by atoms with E-state index in [1.807, 2.05) is 12.3 Å². The number of amides is 1. The Kier molecular flexibility index (Phi) is 7.15. The summed E-state index contributed by atoms with van der Waals surface area (Å²) in [4.78, 5) is 17.9. The second-order valence-electron chi connectivity index (χ2n) is 6.77. The van der Waals surface area contributed by atoms with Crippen LogP contribution in [-0.4, -0.2) is 63.1 Å². The van der Waals surface area contributed by atoms with Gasteiger partial charge < -0.3 is 25.6 Å². The largest absolute Gasteiger partial charge is 0.491 e. The summed E-state index contributed by atoms with van der Waals surface area (Å²) in [6, 6.07) is 7.36. The molecule has 1 atom stereocenters. The van der Waals surface area contributed by atoms with E-state index in [9.17, 15) is 9.18 Å². The highest BCUT2D eigenvalue weighted by atomic mass is 19.1. The van der Waals surface area contributed by atoms with Crippen molar-refractivity contribution in [2.75, 3.05) is 31.2 Å². The zero-order chi connectivity index (χ0) is 21.5. The van der Waals surface area contributed by atoms with Crippen molar-refractivity contribution in [2.24, 2.45) is 5.73 Å². The van der Waals surface area contributed by atoms with E-state index in [1.54, 1.807) is 4.52 Å².